The fraction of sp³-hybridized carbons (Fsp3) is 0. The largest absolute Gasteiger partial charge is 0.453 e. The fourth-order valence-electron chi connectivity index (χ4n) is 4.20. The molecule has 5 nitrogen and oxygen atoms in total. The maximum absolute atomic E-state index is 9.69. The van der Waals surface area contributed by atoms with E-state index in [1.165, 1.54) is 0 Å². The fourth-order valence-corrected chi connectivity index (χ4v) is 4.20. The van der Waals surface area contributed by atoms with Crippen LogP contribution in [0.25, 0.3) is 22.6 Å². The maximum Gasteiger partial charge on any atom is 0.163 e. The molecule has 0 saturated heterocycles. The van der Waals surface area contributed by atoms with Gasteiger partial charge in [0.05, 0.1) is 22.8 Å². The molecule has 34 heavy (non-hydrogen) atoms. The van der Waals surface area contributed by atoms with Gasteiger partial charge in [-0.25, -0.2) is 9.97 Å². The Kier molecular flexibility index (Phi) is 4.75. The summed E-state index contributed by atoms with van der Waals surface area (Å²) in [5.41, 5.74) is 5.54. The zero-order valence-corrected chi connectivity index (χ0v) is 18.1. The molecule has 5 heteroatoms. The van der Waals surface area contributed by atoms with Crippen molar-refractivity contribution in [2.45, 2.75) is 0 Å². The van der Waals surface area contributed by atoms with E-state index < -0.39 is 0 Å². The van der Waals surface area contributed by atoms with E-state index in [4.69, 9.17) is 9.72 Å². The minimum absolute atomic E-state index is 0.321. The monoisotopic (exact) mass is 438 g/mol. The van der Waals surface area contributed by atoms with Crippen molar-refractivity contribution in [3.05, 3.63) is 115 Å². The molecule has 0 saturated carbocycles. The number of benzene rings is 4. The molecule has 1 aliphatic heterocycles. The van der Waals surface area contributed by atoms with Crippen LogP contribution in [-0.2, 0) is 0 Å². The Hall–Kier alpha value is -4.95. The van der Waals surface area contributed by atoms with Gasteiger partial charge in [-0.15, -0.1) is 0 Å². The highest BCUT2D eigenvalue weighted by atomic mass is 16.5. The van der Waals surface area contributed by atoms with Gasteiger partial charge in [-0.3, -0.25) is 0 Å². The molecule has 0 N–H and O–H groups in total. The van der Waals surface area contributed by atoms with Gasteiger partial charge in [0.25, 0.3) is 0 Å². The number of hydrogen-bond donors (Lipinski definition) is 0. The number of anilines is 3. The molecule has 4 aromatic carbocycles. The summed E-state index contributed by atoms with van der Waals surface area (Å²) in [6, 6.07) is 37.6. The molecule has 0 radical (unpaired) electrons. The van der Waals surface area contributed by atoms with Crippen molar-refractivity contribution in [3.8, 4) is 40.2 Å². The minimum atomic E-state index is 0.321. The van der Waals surface area contributed by atoms with E-state index in [1.807, 2.05) is 103 Å². The molecule has 160 valence electrons. The van der Waals surface area contributed by atoms with E-state index in [1.54, 1.807) is 6.07 Å². The summed E-state index contributed by atoms with van der Waals surface area (Å²) < 4.78 is 6.17. The summed E-state index contributed by atoms with van der Waals surface area (Å²) in [6.45, 7) is 0. The number of fused-ring (bicyclic) bond motifs is 2. The Balaban J connectivity index is 1.58. The second-order valence-corrected chi connectivity index (χ2v) is 7.83. The van der Waals surface area contributed by atoms with Gasteiger partial charge >= 0.3 is 0 Å². The molecule has 0 aliphatic carbocycles. The molecule has 0 atom stereocenters. The third kappa shape index (κ3) is 3.35. The number of ether oxygens (including phenoxy) is 1. The second-order valence-electron chi connectivity index (χ2n) is 7.83. The zero-order chi connectivity index (χ0) is 22.9. The Bertz CT molecular complexity index is 1510. The quantitative estimate of drug-likeness (QED) is 0.291. The molecule has 0 spiro atoms. The number of nitrogens with zero attached hydrogens (tertiary/aromatic N) is 4. The van der Waals surface area contributed by atoms with Gasteiger partial charge in [0.1, 0.15) is 11.8 Å². The Labute approximate surface area is 197 Å². The van der Waals surface area contributed by atoms with E-state index in [-0.39, 0.29) is 0 Å². The summed E-state index contributed by atoms with van der Waals surface area (Å²) in [6.07, 6.45) is 0. The van der Waals surface area contributed by atoms with Gasteiger partial charge in [-0.2, -0.15) is 5.26 Å². The van der Waals surface area contributed by atoms with Crippen molar-refractivity contribution < 1.29 is 4.74 Å². The number of aromatic nitrogens is 2. The first-order valence-corrected chi connectivity index (χ1v) is 10.9. The van der Waals surface area contributed by atoms with Gasteiger partial charge in [-0.1, -0.05) is 66.7 Å². The summed E-state index contributed by atoms with van der Waals surface area (Å²) >= 11 is 0. The van der Waals surface area contributed by atoms with Crippen molar-refractivity contribution in [2.24, 2.45) is 0 Å². The predicted molar refractivity (Wildman–Crippen MR) is 132 cm³/mol. The van der Waals surface area contributed by atoms with Crippen molar-refractivity contribution >= 4 is 17.1 Å². The first-order chi connectivity index (χ1) is 16.8. The Morgan fingerprint density at radius 2 is 1.24 bits per heavy atom. The van der Waals surface area contributed by atoms with Gasteiger partial charge < -0.3 is 9.64 Å². The van der Waals surface area contributed by atoms with Crippen LogP contribution in [0.1, 0.15) is 5.69 Å². The molecule has 6 rings (SSSR count). The van der Waals surface area contributed by atoms with E-state index >= 15 is 0 Å². The first kappa shape index (κ1) is 19.7. The highest BCUT2D eigenvalue weighted by Crippen LogP contribution is 2.51. The average molecular weight is 438 g/mol. The normalized spacial score (nSPS) is 11.7. The average Bonchev–Trinajstić information content (AvgIpc) is 2.92. The van der Waals surface area contributed by atoms with Crippen LogP contribution in [0.3, 0.4) is 0 Å². The molecule has 0 amide bonds. The molecule has 0 unspecified atom stereocenters. The summed E-state index contributed by atoms with van der Waals surface area (Å²) in [4.78, 5) is 11.6. The lowest BCUT2D eigenvalue weighted by Crippen LogP contribution is -2.16. The van der Waals surface area contributed by atoms with Crippen molar-refractivity contribution in [3.63, 3.8) is 0 Å². The number of hydrogen-bond acceptors (Lipinski definition) is 5. The molecular formula is C29H18N4O. The SMILES string of the molecule is N#Cc1cc(-c2ccccc2)nc(-c2ccccc2N2c3ccccc3Oc3ccccc32)n1. The first-order valence-electron chi connectivity index (χ1n) is 10.9. The lowest BCUT2D eigenvalue weighted by atomic mass is 10.1. The lowest BCUT2D eigenvalue weighted by molar-refractivity contribution is 0.477. The summed E-state index contributed by atoms with van der Waals surface area (Å²) in [7, 11) is 0. The Morgan fingerprint density at radius 3 is 1.91 bits per heavy atom. The standard InChI is InChI=1S/C29H18N4O/c30-19-21-18-23(20-10-2-1-3-11-20)32-29(31-21)22-12-4-5-13-24(22)33-25-14-6-8-16-27(25)34-28-17-9-7-15-26(28)33/h1-18H. The van der Waals surface area contributed by atoms with Crippen LogP contribution >= 0.6 is 0 Å². The van der Waals surface area contributed by atoms with E-state index in [0.29, 0.717) is 17.2 Å². The number of rotatable bonds is 3. The molecule has 1 aromatic heterocycles. The Morgan fingerprint density at radius 1 is 0.647 bits per heavy atom. The van der Waals surface area contributed by atoms with Crippen LogP contribution in [0.4, 0.5) is 17.1 Å². The van der Waals surface area contributed by atoms with Gasteiger partial charge in [0, 0.05) is 17.2 Å². The minimum Gasteiger partial charge on any atom is -0.453 e. The van der Waals surface area contributed by atoms with Crippen LogP contribution in [0.5, 0.6) is 11.5 Å². The van der Waals surface area contributed by atoms with Crippen LogP contribution in [-0.4, -0.2) is 9.97 Å². The maximum atomic E-state index is 9.69. The van der Waals surface area contributed by atoms with Crippen LogP contribution in [0.2, 0.25) is 0 Å². The van der Waals surface area contributed by atoms with Gasteiger partial charge in [-0.05, 0) is 36.4 Å². The predicted octanol–water partition coefficient (Wildman–Crippen LogP) is 7.26. The number of nitriles is 1. The van der Waals surface area contributed by atoms with Crippen molar-refractivity contribution in [1.29, 1.82) is 5.26 Å². The second kappa shape index (κ2) is 8.19. The highest BCUT2D eigenvalue weighted by Gasteiger charge is 2.27. The third-order valence-corrected chi connectivity index (χ3v) is 5.73. The zero-order valence-electron chi connectivity index (χ0n) is 18.1. The van der Waals surface area contributed by atoms with E-state index in [0.717, 1.165) is 39.7 Å². The lowest BCUT2D eigenvalue weighted by Gasteiger charge is -2.33. The van der Waals surface area contributed by atoms with Crippen LogP contribution in [0.15, 0.2) is 109 Å². The van der Waals surface area contributed by atoms with E-state index in [9.17, 15) is 5.26 Å². The molecule has 0 fully saturated rings. The molecule has 1 aliphatic rings. The van der Waals surface area contributed by atoms with Gasteiger partial charge in [0.2, 0.25) is 0 Å². The molecule has 0 bridgehead atoms. The van der Waals surface area contributed by atoms with Crippen molar-refractivity contribution in [1.82, 2.24) is 9.97 Å². The number of para-hydroxylation sites is 5. The van der Waals surface area contributed by atoms with E-state index in [2.05, 4.69) is 16.0 Å². The smallest absolute Gasteiger partial charge is 0.163 e. The third-order valence-electron chi connectivity index (χ3n) is 5.73. The molecular weight excluding hydrogens is 420 g/mol. The van der Waals surface area contributed by atoms with Crippen molar-refractivity contribution in [2.75, 3.05) is 4.90 Å². The van der Waals surface area contributed by atoms with Crippen LogP contribution in [0, 0.1) is 11.3 Å². The summed E-state index contributed by atoms with van der Waals surface area (Å²) in [5, 5.41) is 9.69. The molecule has 2 heterocycles. The molecule has 5 aromatic rings. The van der Waals surface area contributed by atoms with Gasteiger partial charge in [0.15, 0.2) is 17.3 Å². The van der Waals surface area contributed by atoms with Crippen LogP contribution < -0.4 is 9.64 Å². The highest BCUT2D eigenvalue weighted by molar-refractivity contribution is 5.91. The summed E-state index contributed by atoms with van der Waals surface area (Å²) in [5.74, 6) is 2.04. The topological polar surface area (TPSA) is 62.0 Å².